The Morgan fingerprint density at radius 3 is 1.35 bits per heavy atom. The maximum Gasteiger partial charge on any atom is 0.326 e. The van der Waals surface area contributed by atoms with Crippen LogP contribution in [0.2, 0.25) is 0 Å². The molecule has 0 fully saturated rings. The number of unbranched alkanes of at least 4 members (excludes halogenated alkanes) is 1. The minimum absolute atomic E-state index is 0.0273. The Balaban J connectivity index is 6.18. The summed E-state index contributed by atoms with van der Waals surface area (Å²) in [6.45, 7) is -2.10. The summed E-state index contributed by atoms with van der Waals surface area (Å²) in [6, 6.07) is -2.09. The van der Waals surface area contributed by atoms with E-state index < -0.39 is 92.3 Å². The first-order valence-electron chi connectivity index (χ1n) is 10.2. The molecule has 0 aliphatic carbocycles. The van der Waals surface area contributed by atoms with Crippen LogP contribution in [0.15, 0.2) is 0 Å². The number of imide groups is 1. The molecule has 13 N–H and O–H groups in total. The van der Waals surface area contributed by atoms with Crippen LogP contribution in [0.4, 0.5) is 0 Å². The Morgan fingerprint density at radius 1 is 0.676 bits per heavy atom. The monoisotopic (exact) mass is 502 g/mol. The summed E-state index contributed by atoms with van der Waals surface area (Å²) in [5, 5.41) is 106. The topological polar surface area (TPSA) is 303 Å². The van der Waals surface area contributed by atoms with Gasteiger partial charge in [-0.15, -0.1) is 0 Å². The van der Waals surface area contributed by atoms with Crippen molar-refractivity contribution in [3.8, 4) is 0 Å². The molecule has 0 saturated carbocycles. The third-order valence-corrected chi connectivity index (χ3v) is 5.02. The fourth-order valence-electron chi connectivity index (χ4n) is 2.88. The number of carbonyl (C=O) groups excluding carboxylic acids is 2. The highest BCUT2D eigenvalue weighted by molar-refractivity contribution is 6.02. The first-order valence-corrected chi connectivity index (χ1v) is 10.2. The van der Waals surface area contributed by atoms with Crippen molar-refractivity contribution in [1.29, 1.82) is 0 Å². The minimum Gasteiger partial charge on any atom is -0.480 e. The lowest BCUT2D eigenvalue weighted by Crippen LogP contribution is -2.61. The second kappa shape index (κ2) is 15.2. The van der Waals surface area contributed by atoms with Crippen LogP contribution in [0.1, 0.15) is 19.3 Å². The molecular formula is C18H34N2O14. The highest BCUT2D eigenvalue weighted by Gasteiger charge is 2.46. The van der Waals surface area contributed by atoms with E-state index in [-0.39, 0.29) is 24.3 Å². The van der Waals surface area contributed by atoms with Crippen molar-refractivity contribution in [2.45, 2.75) is 74.1 Å². The highest BCUT2D eigenvalue weighted by Crippen LogP contribution is 2.18. The molecule has 34 heavy (non-hydrogen) atoms. The molecule has 200 valence electrons. The van der Waals surface area contributed by atoms with Gasteiger partial charge in [0.1, 0.15) is 42.7 Å². The van der Waals surface area contributed by atoms with E-state index in [0.717, 1.165) is 0 Å². The Hall–Kier alpha value is -1.83. The molecule has 0 saturated heterocycles. The molecule has 2 amide bonds. The summed E-state index contributed by atoms with van der Waals surface area (Å²) in [6.07, 6.45) is -19.5. The van der Waals surface area contributed by atoms with E-state index in [1.54, 1.807) is 0 Å². The van der Waals surface area contributed by atoms with Crippen LogP contribution in [-0.2, 0) is 14.4 Å². The van der Waals surface area contributed by atoms with Gasteiger partial charge >= 0.3 is 5.97 Å². The summed E-state index contributed by atoms with van der Waals surface area (Å²) in [5.41, 5.74) is 5.33. The SMILES string of the molecule is NCCCC[C@@H](C(=O)O)N(C(=O)[C@H](O)[C@@H](O)[C@H](O)[C@H](O)CO)C(=O)[C@H](O)[C@@H](O)[C@H](O)[C@H](O)CO. The number of nitrogens with two attached hydrogens (primary N) is 1. The second-order valence-corrected chi connectivity index (χ2v) is 7.54. The van der Waals surface area contributed by atoms with Crippen molar-refractivity contribution in [2.24, 2.45) is 5.73 Å². The number of aliphatic carboxylic acids is 1. The zero-order valence-electron chi connectivity index (χ0n) is 18.1. The lowest BCUT2D eigenvalue weighted by atomic mass is 9.98. The summed E-state index contributed by atoms with van der Waals surface area (Å²) in [4.78, 5) is 37.2. The van der Waals surface area contributed by atoms with Gasteiger partial charge in [0.15, 0.2) is 12.2 Å². The van der Waals surface area contributed by atoms with Gasteiger partial charge in [0, 0.05) is 0 Å². The molecular weight excluding hydrogens is 468 g/mol. The smallest absolute Gasteiger partial charge is 0.326 e. The molecule has 0 aromatic rings. The zero-order chi connectivity index (χ0) is 26.7. The predicted molar refractivity (Wildman–Crippen MR) is 108 cm³/mol. The lowest BCUT2D eigenvalue weighted by molar-refractivity contribution is -0.179. The number of rotatable bonds is 16. The van der Waals surface area contributed by atoms with E-state index in [0.29, 0.717) is 0 Å². The van der Waals surface area contributed by atoms with Gasteiger partial charge in [-0.2, -0.15) is 0 Å². The standard InChI is InChI=1S/C18H34N2O14/c19-4-2-1-3-7(18(33)34)20(16(31)14(29)12(27)10(25)8(23)5-21)17(32)15(30)13(28)11(26)9(24)6-22/h7-15,21-30H,1-6,19H2,(H,33,34)/t7-,8+,9+,10+,11+,12-,13-,14+,15+/m0/s1. The number of carboxylic acid groups (broad SMARTS) is 1. The Bertz CT molecular complexity index is 612. The van der Waals surface area contributed by atoms with E-state index >= 15 is 0 Å². The molecule has 0 aromatic heterocycles. The molecule has 0 rings (SSSR count). The molecule has 0 aliphatic heterocycles. The van der Waals surface area contributed by atoms with E-state index in [2.05, 4.69) is 0 Å². The third kappa shape index (κ3) is 8.43. The van der Waals surface area contributed by atoms with Crippen molar-refractivity contribution in [3.63, 3.8) is 0 Å². The molecule has 0 bridgehead atoms. The van der Waals surface area contributed by atoms with Crippen LogP contribution in [0.25, 0.3) is 0 Å². The number of hydrogen-bond acceptors (Lipinski definition) is 14. The number of aliphatic hydroxyl groups is 10. The van der Waals surface area contributed by atoms with Gasteiger partial charge in [0.25, 0.3) is 11.8 Å². The van der Waals surface area contributed by atoms with Gasteiger partial charge in [0.05, 0.1) is 13.2 Å². The number of hydrogen-bond donors (Lipinski definition) is 12. The number of carbonyl (C=O) groups is 3. The van der Waals surface area contributed by atoms with Gasteiger partial charge in [-0.1, -0.05) is 0 Å². The molecule has 0 aromatic carbocycles. The highest BCUT2D eigenvalue weighted by atomic mass is 16.4. The summed E-state index contributed by atoms with van der Waals surface area (Å²) in [7, 11) is 0. The average Bonchev–Trinajstić information content (AvgIpc) is 2.83. The van der Waals surface area contributed by atoms with E-state index in [9.17, 15) is 60.3 Å². The van der Waals surface area contributed by atoms with Crippen LogP contribution in [0.5, 0.6) is 0 Å². The van der Waals surface area contributed by atoms with Crippen LogP contribution in [0.3, 0.4) is 0 Å². The van der Waals surface area contributed by atoms with Gasteiger partial charge in [-0.25, -0.2) is 4.79 Å². The number of nitrogens with zero attached hydrogens (tertiary/aromatic N) is 1. The van der Waals surface area contributed by atoms with Crippen molar-refractivity contribution in [1.82, 2.24) is 4.90 Å². The number of carboxylic acids is 1. The molecule has 0 radical (unpaired) electrons. The molecule has 0 aliphatic rings. The van der Waals surface area contributed by atoms with Gasteiger partial charge in [-0.3, -0.25) is 14.5 Å². The summed E-state index contributed by atoms with van der Waals surface area (Å²) < 4.78 is 0. The van der Waals surface area contributed by atoms with Crippen LogP contribution >= 0.6 is 0 Å². The van der Waals surface area contributed by atoms with Crippen LogP contribution < -0.4 is 5.73 Å². The molecule has 0 unspecified atom stereocenters. The van der Waals surface area contributed by atoms with E-state index in [1.807, 2.05) is 0 Å². The zero-order valence-corrected chi connectivity index (χ0v) is 18.1. The largest absolute Gasteiger partial charge is 0.480 e. The van der Waals surface area contributed by atoms with Gasteiger partial charge in [0.2, 0.25) is 0 Å². The summed E-state index contributed by atoms with van der Waals surface area (Å²) >= 11 is 0. The molecule has 0 spiro atoms. The third-order valence-electron chi connectivity index (χ3n) is 5.02. The van der Waals surface area contributed by atoms with E-state index in [1.165, 1.54) is 0 Å². The second-order valence-electron chi connectivity index (χ2n) is 7.54. The predicted octanol–water partition coefficient (Wildman–Crippen LogP) is -7.20. The normalized spacial score (nSPS) is 19.7. The maximum atomic E-state index is 12.8. The van der Waals surface area contributed by atoms with Crippen LogP contribution in [0, 0.1) is 0 Å². The fourth-order valence-corrected chi connectivity index (χ4v) is 2.88. The summed E-state index contributed by atoms with van der Waals surface area (Å²) in [5.74, 6) is -5.55. The minimum atomic E-state index is -2.76. The Morgan fingerprint density at radius 2 is 1.06 bits per heavy atom. The first kappa shape index (κ1) is 32.2. The number of amides is 2. The van der Waals surface area contributed by atoms with Gasteiger partial charge in [-0.05, 0) is 25.8 Å². The van der Waals surface area contributed by atoms with Crippen molar-refractivity contribution in [3.05, 3.63) is 0 Å². The Labute approximate surface area is 193 Å². The quantitative estimate of drug-likeness (QED) is 0.0872. The van der Waals surface area contributed by atoms with E-state index in [4.69, 9.17) is 15.9 Å². The number of aliphatic hydroxyl groups excluding tert-OH is 10. The molecule has 9 atom stereocenters. The maximum absolute atomic E-state index is 12.8. The lowest BCUT2D eigenvalue weighted by Gasteiger charge is -2.34. The van der Waals surface area contributed by atoms with Crippen molar-refractivity contribution in [2.75, 3.05) is 19.8 Å². The Kier molecular flexibility index (Phi) is 14.4. The average molecular weight is 502 g/mol. The first-order chi connectivity index (χ1) is 15.8. The molecule has 16 heteroatoms. The molecule has 0 heterocycles. The van der Waals surface area contributed by atoms with Crippen molar-refractivity contribution >= 4 is 17.8 Å². The fraction of sp³-hybridized carbons (Fsp3) is 0.833. The van der Waals surface area contributed by atoms with Gasteiger partial charge < -0.3 is 61.9 Å². The van der Waals surface area contributed by atoms with Crippen LogP contribution in [-0.4, -0.2) is 153 Å². The van der Waals surface area contributed by atoms with Crippen molar-refractivity contribution < 1.29 is 70.6 Å². The molecule has 16 nitrogen and oxygen atoms in total.